The van der Waals surface area contributed by atoms with Crippen LogP contribution in [0.3, 0.4) is 0 Å². The summed E-state index contributed by atoms with van der Waals surface area (Å²) >= 11 is 0. The van der Waals surface area contributed by atoms with Crippen LogP contribution in [0.25, 0.3) is 11.0 Å². The third kappa shape index (κ3) is 3.38. The highest BCUT2D eigenvalue weighted by Crippen LogP contribution is 2.18. The quantitative estimate of drug-likeness (QED) is 0.805. The zero-order chi connectivity index (χ0) is 14.4. The molecule has 1 aromatic heterocycles. The third-order valence-electron chi connectivity index (χ3n) is 3.50. The highest BCUT2D eigenvalue weighted by molar-refractivity contribution is 5.75. The normalized spacial score (nSPS) is 11.6. The Morgan fingerprint density at radius 3 is 2.65 bits per heavy atom. The van der Waals surface area contributed by atoms with Crippen LogP contribution >= 0.6 is 0 Å². The van der Waals surface area contributed by atoms with Crippen molar-refractivity contribution < 1.29 is 5.11 Å². The van der Waals surface area contributed by atoms with Gasteiger partial charge in [-0.2, -0.15) is 0 Å². The zero-order valence-corrected chi connectivity index (χ0v) is 12.5. The molecule has 4 nitrogen and oxygen atoms in total. The lowest BCUT2D eigenvalue weighted by Crippen LogP contribution is -2.28. The molecule has 0 saturated heterocycles. The SMILES string of the molecule is CCCN(CCO)Cc1nc2ccccc2n1CCC. The Labute approximate surface area is 121 Å². The van der Waals surface area contributed by atoms with E-state index in [1.165, 1.54) is 5.52 Å². The molecular formula is C16H25N3O. The van der Waals surface area contributed by atoms with E-state index in [0.717, 1.165) is 43.8 Å². The smallest absolute Gasteiger partial charge is 0.124 e. The number of hydrogen-bond acceptors (Lipinski definition) is 3. The molecule has 0 amide bonds. The Balaban J connectivity index is 2.29. The van der Waals surface area contributed by atoms with Gasteiger partial charge in [0.05, 0.1) is 24.2 Å². The van der Waals surface area contributed by atoms with Crippen molar-refractivity contribution >= 4 is 11.0 Å². The Kier molecular flexibility index (Phi) is 5.56. The highest BCUT2D eigenvalue weighted by Gasteiger charge is 2.13. The third-order valence-corrected chi connectivity index (χ3v) is 3.50. The average Bonchev–Trinajstić information content (AvgIpc) is 2.78. The monoisotopic (exact) mass is 275 g/mol. The van der Waals surface area contributed by atoms with Crippen LogP contribution in [-0.4, -0.2) is 39.3 Å². The molecule has 2 rings (SSSR count). The van der Waals surface area contributed by atoms with Gasteiger partial charge in [-0.15, -0.1) is 0 Å². The van der Waals surface area contributed by atoms with Crippen molar-refractivity contribution in [2.45, 2.75) is 39.8 Å². The number of imidazole rings is 1. The second-order valence-corrected chi connectivity index (χ2v) is 5.17. The van der Waals surface area contributed by atoms with Crippen LogP contribution in [0.1, 0.15) is 32.5 Å². The van der Waals surface area contributed by atoms with E-state index in [0.29, 0.717) is 6.54 Å². The molecule has 0 saturated carbocycles. The minimum atomic E-state index is 0.202. The van der Waals surface area contributed by atoms with Gasteiger partial charge in [0.25, 0.3) is 0 Å². The van der Waals surface area contributed by atoms with E-state index in [-0.39, 0.29) is 6.61 Å². The summed E-state index contributed by atoms with van der Waals surface area (Å²) in [5.74, 6) is 1.11. The number of hydrogen-bond donors (Lipinski definition) is 1. The summed E-state index contributed by atoms with van der Waals surface area (Å²) in [6.45, 7) is 8.07. The van der Waals surface area contributed by atoms with Gasteiger partial charge in [-0.25, -0.2) is 4.98 Å². The molecule has 0 aliphatic heterocycles. The highest BCUT2D eigenvalue weighted by atomic mass is 16.3. The van der Waals surface area contributed by atoms with Gasteiger partial charge in [0, 0.05) is 13.1 Å². The van der Waals surface area contributed by atoms with Crippen LogP contribution < -0.4 is 0 Å². The number of benzene rings is 1. The molecule has 0 aliphatic rings. The number of rotatable bonds is 8. The number of para-hydroxylation sites is 2. The topological polar surface area (TPSA) is 41.3 Å². The van der Waals surface area contributed by atoms with Crippen molar-refractivity contribution in [1.82, 2.24) is 14.5 Å². The maximum absolute atomic E-state index is 9.18. The van der Waals surface area contributed by atoms with Crippen molar-refractivity contribution in [3.8, 4) is 0 Å². The fourth-order valence-corrected chi connectivity index (χ4v) is 2.65. The first-order valence-electron chi connectivity index (χ1n) is 7.57. The lowest BCUT2D eigenvalue weighted by molar-refractivity contribution is 0.186. The summed E-state index contributed by atoms with van der Waals surface area (Å²) in [5.41, 5.74) is 2.28. The Morgan fingerprint density at radius 1 is 1.15 bits per heavy atom. The standard InChI is InChI=1S/C16H25N3O/c1-3-9-18(11-12-20)13-16-17-14-7-5-6-8-15(14)19(16)10-4-2/h5-8,20H,3-4,9-13H2,1-2H3. The van der Waals surface area contributed by atoms with Gasteiger partial charge in [0.1, 0.15) is 5.82 Å². The zero-order valence-electron chi connectivity index (χ0n) is 12.5. The molecule has 2 aromatic rings. The fourth-order valence-electron chi connectivity index (χ4n) is 2.65. The van der Waals surface area contributed by atoms with Crippen LogP contribution in [0.2, 0.25) is 0 Å². The van der Waals surface area contributed by atoms with Crippen LogP contribution in [0.15, 0.2) is 24.3 Å². The largest absolute Gasteiger partial charge is 0.395 e. The van der Waals surface area contributed by atoms with Crippen LogP contribution in [-0.2, 0) is 13.1 Å². The molecule has 0 spiro atoms. The predicted molar refractivity (Wildman–Crippen MR) is 82.7 cm³/mol. The molecule has 1 N–H and O–H groups in total. The molecule has 0 atom stereocenters. The molecule has 4 heteroatoms. The molecule has 1 aromatic carbocycles. The van der Waals surface area contributed by atoms with E-state index in [2.05, 4.69) is 41.5 Å². The number of aliphatic hydroxyl groups excluding tert-OH is 1. The Bertz CT molecular complexity index is 530. The van der Waals surface area contributed by atoms with Gasteiger partial charge in [-0.3, -0.25) is 4.90 Å². The second kappa shape index (κ2) is 7.41. The van der Waals surface area contributed by atoms with Gasteiger partial charge in [0.2, 0.25) is 0 Å². The van der Waals surface area contributed by atoms with Gasteiger partial charge in [-0.05, 0) is 31.5 Å². The van der Waals surface area contributed by atoms with Crippen molar-refractivity contribution in [1.29, 1.82) is 0 Å². The van der Waals surface area contributed by atoms with Gasteiger partial charge >= 0.3 is 0 Å². The number of aromatic nitrogens is 2. The Morgan fingerprint density at radius 2 is 1.95 bits per heavy atom. The van der Waals surface area contributed by atoms with E-state index in [4.69, 9.17) is 4.98 Å². The van der Waals surface area contributed by atoms with Crippen molar-refractivity contribution in [2.75, 3.05) is 19.7 Å². The lowest BCUT2D eigenvalue weighted by atomic mass is 10.3. The summed E-state index contributed by atoms with van der Waals surface area (Å²) in [6.07, 6.45) is 2.19. The maximum atomic E-state index is 9.18. The minimum absolute atomic E-state index is 0.202. The molecule has 110 valence electrons. The van der Waals surface area contributed by atoms with Crippen molar-refractivity contribution in [2.24, 2.45) is 0 Å². The fraction of sp³-hybridized carbons (Fsp3) is 0.562. The van der Waals surface area contributed by atoms with Crippen molar-refractivity contribution in [3.63, 3.8) is 0 Å². The number of aliphatic hydroxyl groups is 1. The van der Waals surface area contributed by atoms with E-state index >= 15 is 0 Å². The van der Waals surface area contributed by atoms with E-state index in [9.17, 15) is 5.11 Å². The van der Waals surface area contributed by atoms with Crippen LogP contribution in [0.5, 0.6) is 0 Å². The molecular weight excluding hydrogens is 250 g/mol. The lowest BCUT2D eigenvalue weighted by Gasteiger charge is -2.20. The summed E-state index contributed by atoms with van der Waals surface area (Å²) in [4.78, 5) is 7.05. The summed E-state index contributed by atoms with van der Waals surface area (Å²) in [7, 11) is 0. The van der Waals surface area contributed by atoms with E-state index < -0.39 is 0 Å². The molecule has 20 heavy (non-hydrogen) atoms. The van der Waals surface area contributed by atoms with Crippen LogP contribution in [0.4, 0.5) is 0 Å². The van der Waals surface area contributed by atoms with E-state index in [1.54, 1.807) is 0 Å². The molecule has 0 fully saturated rings. The van der Waals surface area contributed by atoms with Gasteiger partial charge < -0.3 is 9.67 Å². The summed E-state index contributed by atoms with van der Waals surface area (Å²) < 4.78 is 2.31. The predicted octanol–water partition coefficient (Wildman–Crippen LogP) is 2.65. The average molecular weight is 275 g/mol. The van der Waals surface area contributed by atoms with Crippen molar-refractivity contribution in [3.05, 3.63) is 30.1 Å². The first-order chi connectivity index (χ1) is 9.80. The minimum Gasteiger partial charge on any atom is -0.395 e. The second-order valence-electron chi connectivity index (χ2n) is 5.17. The van der Waals surface area contributed by atoms with Crippen LogP contribution in [0, 0.1) is 0 Å². The molecule has 0 bridgehead atoms. The molecule has 0 aliphatic carbocycles. The molecule has 0 unspecified atom stereocenters. The maximum Gasteiger partial charge on any atom is 0.124 e. The summed E-state index contributed by atoms with van der Waals surface area (Å²) in [5, 5.41) is 9.18. The summed E-state index contributed by atoms with van der Waals surface area (Å²) in [6, 6.07) is 8.31. The van der Waals surface area contributed by atoms with E-state index in [1.807, 2.05) is 6.07 Å². The molecule has 1 heterocycles. The first-order valence-corrected chi connectivity index (χ1v) is 7.57. The Hall–Kier alpha value is -1.39. The number of aryl methyl sites for hydroxylation is 1. The number of nitrogens with zero attached hydrogens (tertiary/aromatic N) is 3. The molecule has 0 radical (unpaired) electrons. The van der Waals surface area contributed by atoms with Gasteiger partial charge in [0.15, 0.2) is 0 Å². The number of fused-ring (bicyclic) bond motifs is 1. The first kappa shape index (κ1) is 15.0. The van der Waals surface area contributed by atoms with Gasteiger partial charge in [-0.1, -0.05) is 26.0 Å².